The first-order valence-corrected chi connectivity index (χ1v) is 10.6. The Morgan fingerprint density at radius 3 is 2.55 bits per heavy atom. The van der Waals surface area contributed by atoms with Crippen LogP contribution in [0.3, 0.4) is 0 Å². The number of aromatic nitrogens is 2. The minimum atomic E-state index is -4.71. The van der Waals surface area contributed by atoms with Gasteiger partial charge in [-0.15, -0.1) is 13.2 Å². The van der Waals surface area contributed by atoms with Crippen molar-refractivity contribution in [3.05, 3.63) is 48.3 Å². The zero-order valence-electron chi connectivity index (χ0n) is 17.0. The van der Waals surface area contributed by atoms with Crippen LogP contribution in [-0.2, 0) is 11.2 Å². The van der Waals surface area contributed by atoms with Gasteiger partial charge in [0, 0.05) is 25.0 Å². The highest BCUT2D eigenvalue weighted by atomic mass is 19.4. The van der Waals surface area contributed by atoms with Gasteiger partial charge in [-0.3, -0.25) is 4.79 Å². The number of fused-ring (bicyclic) bond motifs is 1. The van der Waals surface area contributed by atoms with Crippen molar-refractivity contribution in [1.29, 1.82) is 0 Å². The summed E-state index contributed by atoms with van der Waals surface area (Å²) in [5.41, 5.74) is 0.818. The number of halogens is 3. The van der Waals surface area contributed by atoms with E-state index in [4.69, 9.17) is 0 Å². The van der Waals surface area contributed by atoms with Gasteiger partial charge in [-0.05, 0) is 55.4 Å². The van der Waals surface area contributed by atoms with Crippen LogP contribution in [0.4, 0.5) is 19.1 Å². The zero-order chi connectivity index (χ0) is 21.8. The summed E-state index contributed by atoms with van der Waals surface area (Å²) in [6.07, 6.45) is 4.47. The first-order chi connectivity index (χ1) is 14.9. The smallest absolute Gasteiger partial charge is 0.406 e. The molecule has 4 rings (SSSR count). The summed E-state index contributed by atoms with van der Waals surface area (Å²) < 4.78 is 40.7. The van der Waals surface area contributed by atoms with Gasteiger partial charge in [0.25, 0.3) is 0 Å². The van der Waals surface area contributed by atoms with Crippen molar-refractivity contribution in [3.63, 3.8) is 0 Å². The van der Waals surface area contributed by atoms with Crippen LogP contribution in [0.15, 0.2) is 42.7 Å². The van der Waals surface area contributed by atoms with Crippen molar-refractivity contribution in [1.82, 2.24) is 15.3 Å². The zero-order valence-corrected chi connectivity index (χ0v) is 17.0. The molecule has 6 nitrogen and oxygen atoms in total. The number of rotatable bonds is 6. The predicted molar refractivity (Wildman–Crippen MR) is 109 cm³/mol. The first kappa shape index (κ1) is 21.4. The molecular formula is C22H25F3N4O2. The lowest BCUT2D eigenvalue weighted by molar-refractivity contribution is -0.274. The van der Waals surface area contributed by atoms with E-state index in [1.807, 2.05) is 0 Å². The van der Waals surface area contributed by atoms with Crippen molar-refractivity contribution in [2.75, 3.05) is 11.4 Å². The number of ether oxygens (including phenoxy) is 1. The molecule has 0 radical (unpaired) electrons. The first-order valence-electron chi connectivity index (χ1n) is 10.6. The molecule has 0 spiro atoms. The Morgan fingerprint density at radius 1 is 1.13 bits per heavy atom. The number of carbonyl (C=O) groups excluding carboxylic acids is 1. The summed E-state index contributed by atoms with van der Waals surface area (Å²) >= 11 is 0. The lowest BCUT2D eigenvalue weighted by atomic mass is 9.85. The number of anilines is 1. The maximum absolute atomic E-state index is 13.0. The lowest BCUT2D eigenvalue weighted by Gasteiger charge is -2.33. The number of hydrogen-bond acceptors (Lipinski definition) is 5. The predicted octanol–water partition coefficient (Wildman–Crippen LogP) is 3.87. The minimum Gasteiger partial charge on any atom is -0.406 e. The lowest BCUT2D eigenvalue weighted by Crippen LogP contribution is -2.48. The van der Waals surface area contributed by atoms with Crippen LogP contribution in [0.5, 0.6) is 5.75 Å². The van der Waals surface area contributed by atoms with Gasteiger partial charge >= 0.3 is 6.36 Å². The van der Waals surface area contributed by atoms with E-state index in [-0.39, 0.29) is 23.7 Å². The fourth-order valence-electron chi connectivity index (χ4n) is 4.71. The molecule has 2 fully saturated rings. The minimum absolute atomic E-state index is 0.0566. The highest BCUT2D eigenvalue weighted by molar-refractivity contribution is 5.85. The van der Waals surface area contributed by atoms with Crippen LogP contribution >= 0.6 is 0 Å². The SMILES string of the molecule is O=C(NCCc1ccc(OC(F)(F)F)cc1)[C@@H]1C[C@H]2CCCC[C@@H]2N1c1ncccn1. The fraction of sp³-hybridized carbons (Fsp3) is 0.500. The molecule has 1 aliphatic carbocycles. The maximum Gasteiger partial charge on any atom is 0.573 e. The summed E-state index contributed by atoms with van der Waals surface area (Å²) in [7, 11) is 0. The second-order valence-corrected chi connectivity index (χ2v) is 8.05. The molecule has 166 valence electrons. The van der Waals surface area contributed by atoms with E-state index in [0.29, 0.717) is 24.8 Å². The second kappa shape index (κ2) is 9.11. The Balaban J connectivity index is 1.36. The number of amides is 1. The van der Waals surface area contributed by atoms with E-state index in [9.17, 15) is 18.0 Å². The Bertz CT molecular complexity index is 877. The van der Waals surface area contributed by atoms with E-state index in [1.54, 1.807) is 30.6 Å². The van der Waals surface area contributed by atoms with Crippen LogP contribution in [-0.4, -0.2) is 40.9 Å². The number of nitrogens with zero attached hydrogens (tertiary/aromatic N) is 3. The average molecular weight is 434 g/mol. The average Bonchev–Trinajstić information content (AvgIpc) is 3.14. The van der Waals surface area contributed by atoms with Crippen molar-refractivity contribution in [3.8, 4) is 5.75 Å². The topological polar surface area (TPSA) is 67.3 Å². The van der Waals surface area contributed by atoms with Gasteiger partial charge in [0.15, 0.2) is 0 Å². The number of alkyl halides is 3. The van der Waals surface area contributed by atoms with Gasteiger partial charge in [0.2, 0.25) is 11.9 Å². The van der Waals surface area contributed by atoms with Crippen molar-refractivity contribution in [2.45, 2.75) is 57.0 Å². The Labute approximate surface area is 178 Å². The summed E-state index contributed by atoms with van der Waals surface area (Å²) in [5.74, 6) is 0.748. The van der Waals surface area contributed by atoms with Gasteiger partial charge in [0.05, 0.1) is 0 Å². The molecule has 3 atom stereocenters. The van der Waals surface area contributed by atoms with Crippen LogP contribution in [0, 0.1) is 5.92 Å². The van der Waals surface area contributed by atoms with Gasteiger partial charge in [0.1, 0.15) is 11.8 Å². The molecule has 1 aromatic carbocycles. The van der Waals surface area contributed by atoms with Crippen LogP contribution < -0.4 is 15.0 Å². The van der Waals surface area contributed by atoms with E-state index in [2.05, 4.69) is 24.9 Å². The number of hydrogen-bond donors (Lipinski definition) is 1. The summed E-state index contributed by atoms with van der Waals surface area (Å²) in [5, 5.41) is 2.99. The second-order valence-electron chi connectivity index (χ2n) is 8.05. The summed E-state index contributed by atoms with van der Waals surface area (Å²) in [6, 6.07) is 7.44. The summed E-state index contributed by atoms with van der Waals surface area (Å²) in [6.45, 7) is 0.396. The molecule has 0 unspecified atom stereocenters. The third-order valence-corrected chi connectivity index (χ3v) is 6.04. The normalized spacial score (nSPS) is 23.3. The van der Waals surface area contributed by atoms with Crippen LogP contribution in [0.2, 0.25) is 0 Å². The van der Waals surface area contributed by atoms with Crippen LogP contribution in [0.25, 0.3) is 0 Å². The van der Waals surface area contributed by atoms with E-state index < -0.39 is 6.36 Å². The van der Waals surface area contributed by atoms with E-state index in [1.165, 1.54) is 18.6 Å². The molecule has 2 heterocycles. The Hall–Kier alpha value is -2.84. The molecule has 0 bridgehead atoms. The van der Waals surface area contributed by atoms with Gasteiger partial charge < -0.3 is 15.0 Å². The molecule has 1 saturated heterocycles. The molecular weight excluding hydrogens is 409 g/mol. The van der Waals surface area contributed by atoms with Crippen molar-refractivity contribution in [2.24, 2.45) is 5.92 Å². The highest BCUT2D eigenvalue weighted by Gasteiger charge is 2.46. The molecule has 2 aliphatic rings. The highest BCUT2D eigenvalue weighted by Crippen LogP contribution is 2.41. The maximum atomic E-state index is 13.0. The van der Waals surface area contributed by atoms with Crippen LogP contribution in [0.1, 0.15) is 37.7 Å². The third-order valence-electron chi connectivity index (χ3n) is 6.04. The summed E-state index contributed by atoms with van der Waals surface area (Å²) in [4.78, 5) is 23.9. The molecule has 1 N–H and O–H groups in total. The number of benzene rings is 1. The monoisotopic (exact) mass is 434 g/mol. The van der Waals surface area contributed by atoms with E-state index >= 15 is 0 Å². The standard InChI is InChI=1S/C22H25F3N4O2/c23-22(24,25)31-17-8-6-15(7-9-17)10-13-26-20(30)19-14-16-4-1-2-5-18(16)29(19)21-27-11-3-12-28-21/h3,6-9,11-12,16,18-19H,1-2,4-5,10,13-14H2,(H,26,30)/t16-,18+,19+/m1/s1. The molecule has 1 aliphatic heterocycles. The van der Waals surface area contributed by atoms with Gasteiger partial charge in [-0.1, -0.05) is 25.0 Å². The number of nitrogens with one attached hydrogen (secondary N) is 1. The molecule has 1 saturated carbocycles. The van der Waals surface area contributed by atoms with Gasteiger partial charge in [-0.25, -0.2) is 9.97 Å². The Morgan fingerprint density at radius 2 is 1.84 bits per heavy atom. The molecule has 1 amide bonds. The van der Waals surface area contributed by atoms with Crippen molar-refractivity contribution < 1.29 is 22.7 Å². The third kappa shape index (κ3) is 5.26. The quantitative estimate of drug-likeness (QED) is 0.748. The largest absolute Gasteiger partial charge is 0.573 e. The van der Waals surface area contributed by atoms with Gasteiger partial charge in [-0.2, -0.15) is 0 Å². The number of carbonyl (C=O) groups is 1. The molecule has 31 heavy (non-hydrogen) atoms. The van der Waals surface area contributed by atoms with E-state index in [0.717, 1.165) is 31.2 Å². The molecule has 2 aromatic rings. The molecule has 1 aromatic heterocycles. The Kier molecular flexibility index (Phi) is 6.29. The van der Waals surface area contributed by atoms with Crippen molar-refractivity contribution >= 4 is 11.9 Å². The fourth-order valence-corrected chi connectivity index (χ4v) is 4.71. The molecule has 9 heteroatoms.